The van der Waals surface area contributed by atoms with Crippen LogP contribution in [0.4, 0.5) is 11.5 Å². The summed E-state index contributed by atoms with van der Waals surface area (Å²) in [5.74, 6) is 1.59. The van der Waals surface area contributed by atoms with Crippen molar-refractivity contribution >= 4 is 11.5 Å². The SMILES string of the molecule is CCCCOC[C@H](O)CN1CCN(c2nc(-c3ccccc3)nc(C)c2Cc2ccc([N+](=O)[O-])cc2)CC1. The number of nitro benzene ring substituents is 1. The van der Waals surface area contributed by atoms with Gasteiger partial charge in [-0.15, -0.1) is 0 Å². The molecule has 0 bridgehead atoms. The Morgan fingerprint density at radius 2 is 1.76 bits per heavy atom. The molecule has 1 atom stereocenters. The Kier molecular flexibility index (Phi) is 9.75. The highest BCUT2D eigenvalue weighted by molar-refractivity contribution is 5.61. The molecule has 1 saturated heterocycles. The number of aliphatic hydroxyl groups is 1. The highest BCUT2D eigenvalue weighted by atomic mass is 16.6. The summed E-state index contributed by atoms with van der Waals surface area (Å²) in [5, 5.41) is 21.5. The number of hydrogen-bond acceptors (Lipinski definition) is 8. The minimum absolute atomic E-state index is 0.0791. The van der Waals surface area contributed by atoms with Crippen molar-refractivity contribution in [2.75, 3.05) is 50.8 Å². The second-order valence-corrected chi connectivity index (χ2v) is 9.77. The topological polar surface area (TPSA) is 105 Å². The van der Waals surface area contributed by atoms with E-state index in [9.17, 15) is 15.2 Å². The maximum atomic E-state index is 11.1. The summed E-state index contributed by atoms with van der Waals surface area (Å²) in [5.41, 5.74) is 3.94. The number of β-amino-alcohol motifs (C(OH)–C–C–N with tert-alkyl or cyclic N) is 1. The van der Waals surface area contributed by atoms with Gasteiger partial charge in [0.1, 0.15) is 5.82 Å². The van der Waals surface area contributed by atoms with Crippen molar-refractivity contribution in [2.24, 2.45) is 0 Å². The summed E-state index contributed by atoms with van der Waals surface area (Å²) < 4.78 is 5.59. The average molecular weight is 520 g/mol. The molecule has 3 aromatic rings. The highest BCUT2D eigenvalue weighted by Gasteiger charge is 2.24. The molecule has 1 aliphatic heterocycles. The number of unbranched alkanes of at least 4 members (excludes halogenated alkanes) is 1. The number of aliphatic hydroxyl groups excluding tert-OH is 1. The Morgan fingerprint density at radius 3 is 2.42 bits per heavy atom. The number of aromatic nitrogens is 2. The van der Waals surface area contributed by atoms with E-state index in [4.69, 9.17) is 14.7 Å². The highest BCUT2D eigenvalue weighted by Crippen LogP contribution is 2.29. The molecule has 1 aliphatic rings. The lowest BCUT2D eigenvalue weighted by molar-refractivity contribution is -0.384. The molecule has 0 spiro atoms. The van der Waals surface area contributed by atoms with Crippen molar-refractivity contribution in [3.63, 3.8) is 0 Å². The number of hydrogen-bond donors (Lipinski definition) is 1. The number of non-ortho nitro benzene ring substituents is 1. The maximum Gasteiger partial charge on any atom is 0.269 e. The number of aryl methyl sites for hydroxylation is 1. The van der Waals surface area contributed by atoms with E-state index in [1.807, 2.05) is 37.3 Å². The Labute approximate surface area is 224 Å². The van der Waals surface area contributed by atoms with E-state index in [2.05, 4.69) is 16.7 Å². The van der Waals surface area contributed by atoms with Crippen LogP contribution in [0.1, 0.15) is 36.6 Å². The first-order valence-corrected chi connectivity index (χ1v) is 13.3. The van der Waals surface area contributed by atoms with Gasteiger partial charge < -0.3 is 14.7 Å². The van der Waals surface area contributed by atoms with Crippen molar-refractivity contribution in [1.82, 2.24) is 14.9 Å². The maximum absolute atomic E-state index is 11.1. The first kappa shape index (κ1) is 27.6. The van der Waals surface area contributed by atoms with Crippen LogP contribution in [0.3, 0.4) is 0 Å². The molecule has 1 aromatic heterocycles. The van der Waals surface area contributed by atoms with Gasteiger partial charge in [0.25, 0.3) is 5.69 Å². The Hall–Kier alpha value is -3.40. The third-order valence-corrected chi connectivity index (χ3v) is 6.85. The van der Waals surface area contributed by atoms with Crippen LogP contribution in [0.5, 0.6) is 0 Å². The molecule has 4 rings (SSSR count). The van der Waals surface area contributed by atoms with Gasteiger partial charge in [0.05, 0.1) is 17.6 Å². The number of piperazine rings is 1. The predicted molar refractivity (Wildman–Crippen MR) is 148 cm³/mol. The van der Waals surface area contributed by atoms with Crippen molar-refractivity contribution in [3.8, 4) is 11.4 Å². The molecule has 0 aliphatic carbocycles. The van der Waals surface area contributed by atoms with E-state index in [1.54, 1.807) is 24.3 Å². The van der Waals surface area contributed by atoms with Gasteiger partial charge in [-0.25, -0.2) is 9.97 Å². The Morgan fingerprint density at radius 1 is 1.05 bits per heavy atom. The van der Waals surface area contributed by atoms with Crippen LogP contribution >= 0.6 is 0 Å². The van der Waals surface area contributed by atoms with Crippen LogP contribution in [-0.2, 0) is 11.2 Å². The second kappa shape index (κ2) is 13.4. The summed E-state index contributed by atoms with van der Waals surface area (Å²) in [4.78, 5) is 25.1. The Bertz CT molecular complexity index is 1180. The molecule has 0 amide bonds. The quantitative estimate of drug-likeness (QED) is 0.215. The first-order valence-electron chi connectivity index (χ1n) is 13.3. The lowest BCUT2D eigenvalue weighted by atomic mass is 10.0. The zero-order valence-corrected chi connectivity index (χ0v) is 22.3. The van der Waals surface area contributed by atoms with Crippen LogP contribution in [-0.4, -0.2) is 76.9 Å². The molecular formula is C29H37N5O4. The molecule has 9 heteroatoms. The van der Waals surface area contributed by atoms with Crippen molar-refractivity contribution in [2.45, 2.75) is 39.2 Å². The van der Waals surface area contributed by atoms with E-state index in [0.717, 1.165) is 67.2 Å². The lowest BCUT2D eigenvalue weighted by Crippen LogP contribution is -2.49. The van der Waals surface area contributed by atoms with Gasteiger partial charge in [-0.2, -0.15) is 0 Å². The molecular weight excluding hydrogens is 482 g/mol. The Balaban J connectivity index is 1.51. The van der Waals surface area contributed by atoms with Gasteiger partial charge in [-0.05, 0) is 18.9 Å². The molecule has 0 unspecified atom stereocenters. The molecule has 0 radical (unpaired) electrons. The fraction of sp³-hybridized carbons (Fsp3) is 0.448. The van der Waals surface area contributed by atoms with Crippen molar-refractivity contribution in [3.05, 3.63) is 81.5 Å². The third kappa shape index (κ3) is 7.34. The fourth-order valence-electron chi connectivity index (χ4n) is 4.66. The van der Waals surface area contributed by atoms with Gasteiger partial charge in [0.15, 0.2) is 5.82 Å². The van der Waals surface area contributed by atoms with Gasteiger partial charge in [-0.1, -0.05) is 55.8 Å². The predicted octanol–water partition coefficient (Wildman–Crippen LogP) is 4.25. The number of benzene rings is 2. The van der Waals surface area contributed by atoms with Gasteiger partial charge >= 0.3 is 0 Å². The van der Waals surface area contributed by atoms with Gasteiger partial charge in [0, 0.05) is 74.7 Å². The van der Waals surface area contributed by atoms with E-state index < -0.39 is 6.10 Å². The van der Waals surface area contributed by atoms with Crippen LogP contribution in [0.25, 0.3) is 11.4 Å². The zero-order chi connectivity index (χ0) is 26.9. The van der Waals surface area contributed by atoms with Crippen molar-refractivity contribution < 1.29 is 14.8 Å². The number of rotatable bonds is 12. The molecule has 1 fully saturated rings. The standard InChI is InChI=1S/C29H37N5O4/c1-3-4-18-38-21-26(35)20-32-14-16-33(17-15-32)29-27(19-23-10-12-25(13-11-23)34(36)37)22(2)30-28(31-29)24-8-6-5-7-9-24/h5-13,26,35H,3-4,14-21H2,1-2H3/t26-/m1/s1. The number of nitrogens with zero attached hydrogens (tertiary/aromatic N) is 5. The van der Waals surface area contributed by atoms with Crippen LogP contribution in [0, 0.1) is 17.0 Å². The molecule has 202 valence electrons. The average Bonchev–Trinajstić information content (AvgIpc) is 2.93. The molecule has 2 heterocycles. The van der Waals surface area contributed by atoms with E-state index in [-0.39, 0.29) is 10.6 Å². The van der Waals surface area contributed by atoms with Crippen LogP contribution in [0.2, 0.25) is 0 Å². The lowest BCUT2D eigenvalue weighted by Gasteiger charge is -2.37. The number of ether oxygens (including phenoxy) is 1. The number of nitro groups is 1. The van der Waals surface area contributed by atoms with Crippen molar-refractivity contribution in [1.29, 1.82) is 0 Å². The normalized spacial score (nSPS) is 15.0. The van der Waals surface area contributed by atoms with E-state index in [0.29, 0.717) is 32.0 Å². The molecule has 9 nitrogen and oxygen atoms in total. The van der Waals surface area contributed by atoms with Crippen LogP contribution < -0.4 is 4.90 Å². The summed E-state index contributed by atoms with van der Waals surface area (Å²) in [7, 11) is 0. The smallest absolute Gasteiger partial charge is 0.269 e. The third-order valence-electron chi connectivity index (χ3n) is 6.85. The number of anilines is 1. The summed E-state index contributed by atoms with van der Waals surface area (Å²) in [6.07, 6.45) is 2.18. The summed E-state index contributed by atoms with van der Waals surface area (Å²) in [6.45, 7) is 8.96. The molecule has 38 heavy (non-hydrogen) atoms. The molecule has 0 saturated carbocycles. The molecule has 2 aromatic carbocycles. The minimum atomic E-state index is -0.498. The second-order valence-electron chi connectivity index (χ2n) is 9.77. The largest absolute Gasteiger partial charge is 0.389 e. The van der Waals surface area contributed by atoms with Gasteiger partial charge in [0.2, 0.25) is 0 Å². The summed E-state index contributed by atoms with van der Waals surface area (Å²) >= 11 is 0. The summed E-state index contributed by atoms with van der Waals surface area (Å²) in [6, 6.07) is 16.6. The van der Waals surface area contributed by atoms with Crippen LogP contribution in [0.15, 0.2) is 54.6 Å². The monoisotopic (exact) mass is 519 g/mol. The first-order chi connectivity index (χ1) is 18.4. The van der Waals surface area contributed by atoms with Gasteiger partial charge in [-0.3, -0.25) is 15.0 Å². The molecule has 1 N–H and O–H groups in total. The van der Waals surface area contributed by atoms with E-state index in [1.165, 1.54) is 0 Å². The minimum Gasteiger partial charge on any atom is -0.389 e. The zero-order valence-electron chi connectivity index (χ0n) is 22.3. The fourth-order valence-corrected chi connectivity index (χ4v) is 4.66. The van der Waals surface area contributed by atoms with E-state index >= 15 is 0 Å².